The number of H-pyrrole nitrogens is 1. The summed E-state index contributed by atoms with van der Waals surface area (Å²) < 4.78 is 5.28. The number of ether oxygens (including phenoxy) is 1. The third-order valence-corrected chi connectivity index (χ3v) is 2.61. The highest BCUT2D eigenvalue weighted by Gasteiger charge is 2.14. The van der Waals surface area contributed by atoms with Gasteiger partial charge in [-0.2, -0.15) is 4.98 Å². The molecule has 2 heterocycles. The summed E-state index contributed by atoms with van der Waals surface area (Å²) in [6.07, 6.45) is 0.799. The Morgan fingerprint density at radius 3 is 2.94 bits per heavy atom. The molecule has 0 saturated carbocycles. The number of hydrogen-bond donors (Lipinski definition) is 2. The maximum absolute atomic E-state index is 5.28. The molecular weight excluding hydrogens is 206 g/mol. The summed E-state index contributed by atoms with van der Waals surface area (Å²) in [5.74, 6) is 1.72. The van der Waals surface area contributed by atoms with E-state index in [0.29, 0.717) is 6.61 Å². The average Bonchev–Trinajstić information content (AvgIpc) is 2.79. The maximum Gasteiger partial charge on any atom is 0.244 e. The van der Waals surface area contributed by atoms with Crippen LogP contribution in [0.3, 0.4) is 0 Å². The highest BCUT2D eigenvalue weighted by atomic mass is 16.5. The summed E-state index contributed by atoms with van der Waals surface area (Å²) >= 11 is 0. The fourth-order valence-corrected chi connectivity index (χ4v) is 1.72. The lowest BCUT2D eigenvalue weighted by Gasteiger charge is -2.25. The fourth-order valence-electron chi connectivity index (χ4n) is 1.72. The van der Waals surface area contributed by atoms with Crippen molar-refractivity contribution >= 4 is 5.95 Å². The number of rotatable bonds is 5. The lowest BCUT2D eigenvalue weighted by molar-refractivity contribution is 0.149. The first-order valence-electron chi connectivity index (χ1n) is 5.85. The first-order chi connectivity index (χ1) is 7.90. The number of aromatic nitrogens is 3. The van der Waals surface area contributed by atoms with E-state index < -0.39 is 0 Å². The van der Waals surface area contributed by atoms with E-state index in [0.717, 1.165) is 51.0 Å². The first kappa shape index (κ1) is 11.3. The van der Waals surface area contributed by atoms with E-state index in [4.69, 9.17) is 4.74 Å². The van der Waals surface area contributed by atoms with E-state index in [2.05, 4.69) is 25.4 Å². The predicted molar refractivity (Wildman–Crippen MR) is 61.7 cm³/mol. The van der Waals surface area contributed by atoms with Gasteiger partial charge in [0, 0.05) is 39.2 Å². The van der Waals surface area contributed by atoms with Gasteiger partial charge in [0.05, 0.1) is 6.61 Å². The summed E-state index contributed by atoms with van der Waals surface area (Å²) in [5, 5.41) is 10.5. The zero-order valence-corrected chi connectivity index (χ0v) is 9.70. The Bertz CT molecular complexity index is 308. The SMILES string of the molecule is CCOCCc1nc(N2CCNCC2)n[nH]1. The van der Waals surface area contributed by atoms with Crippen molar-refractivity contribution in [2.24, 2.45) is 0 Å². The number of nitrogens with zero attached hydrogens (tertiary/aromatic N) is 3. The van der Waals surface area contributed by atoms with E-state index in [9.17, 15) is 0 Å². The Morgan fingerprint density at radius 2 is 2.19 bits per heavy atom. The Hall–Kier alpha value is -1.14. The van der Waals surface area contributed by atoms with Gasteiger partial charge >= 0.3 is 0 Å². The molecule has 0 amide bonds. The molecule has 2 rings (SSSR count). The molecule has 1 aromatic heterocycles. The zero-order valence-electron chi connectivity index (χ0n) is 9.70. The van der Waals surface area contributed by atoms with Gasteiger partial charge < -0.3 is 15.0 Å². The van der Waals surface area contributed by atoms with E-state index in [-0.39, 0.29) is 0 Å². The van der Waals surface area contributed by atoms with Gasteiger partial charge in [-0.05, 0) is 6.92 Å². The molecule has 0 radical (unpaired) electrons. The Morgan fingerprint density at radius 1 is 1.38 bits per heavy atom. The van der Waals surface area contributed by atoms with Crippen LogP contribution < -0.4 is 10.2 Å². The van der Waals surface area contributed by atoms with Crippen LogP contribution in [0.5, 0.6) is 0 Å². The van der Waals surface area contributed by atoms with Gasteiger partial charge in [0.2, 0.25) is 5.95 Å². The van der Waals surface area contributed by atoms with Crippen LogP contribution in [0.15, 0.2) is 0 Å². The lowest BCUT2D eigenvalue weighted by Crippen LogP contribution is -2.44. The second-order valence-electron chi connectivity index (χ2n) is 3.77. The zero-order chi connectivity index (χ0) is 11.2. The fraction of sp³-hybridized carbons (Fsp3) is 0.800. The molecule has 1 aromatic rings. The van der Waals surface area contributed by atoms with Crippen LogP contribution in [0.25, 0.3) is 0 Å². The summed E-state index contributed by atoms with van der Waals surface area (Å²) in [7, 11) is 0. The van der Waals surface area contributed by atoms with Gasteiger partial charge in [-0.3, -0.25) is 5.10 Å². The molecule has 0 bridgehead atoms. The highest BCUT2D eigenvalue weighted by molar-refractivity contribution is 5.29. The number of nitrogens with one attached hydrogen (secondary N) is 2. The molecule has 1 fully saturated rings. The minimum Gasteiger partial charge on any atom is -0.381 e. The molecule has 1 aliphatic heterocycles. The molecule has 1 saturated heterocycles. The van der Waals surface area contributed by atoms with Crippen LogP contribution >= 0.6 is 0 Å². The molecule has 2 N–H and O–H groups in total. The molecular formula is C10H19N5O. The van der Waals surface area contributed by atoms with Crippen LogP contribution in [0.4, 0.5) is 5.95 Å². The van der Waals surface area contributed by atoms with Gasteiger partial charge in [-0.25, -0.2) is 0 Å². The number of anilines is 1. The molecule has 6 heteroatoms. The molecule has 6 nitrogen and oxygen atoms in total. The van der Waals surface area contributed by atoms with Crippen molar-refractivity contribution in [3.05, 3.63) is 5.82 Å². The predicted octanol–water partition coefficient (Wildman–Crippen LogP) is -0.207. The average molecular weight is 225 g/mol. The molecule has 90 valence electrons. The second-order valence-corrected chi connectivity index (χ2v) is 3.77. The van der Waals surface area contributed by atoms with Crippen LogP contribution in [-0.4, -0.2) is 54.6 Å². The molecule has 0 aliphatic carbocycles. The second kappa shape index (κ2) is 5.81. The Labute approximate surface area is 95.4 Å². The third-order valence-electron chi connectivity index (χ3n) is 2.61. The van der Waals surface area contributed by atoms with Crippen LogP contribution in [0.1, 0.15) is 12.7 Å². The van der Waals surface area contributed by atoms with Gasteiger partial charge in [-0.15, -0.1) is 5.10 Å². The first-order valence-corrected chi connectivity index (χ1v) is 5.85. The molecule has 0 unspecified atom stereocenters. The van der Waals surface area contributed by atoms with E-state index >= 15 is 0 Å². The van der Waals surface area contributed by atoms with Gasteiger partial charge in [0.15, 0.2) is 0 Å². The Balaban J connectivity index is 1.85. The van der Waals surface area contributed by atoms with Crippen molar-refractivity contribution in [3.63, 3.8) is 0 Å². The molecule has 0 spiro atoms. The summed E-state index contributed by atoms with van der Waals surface area (Å²) in [5.41, 5.74) is 0. The normalized spacial score (nSPS) is 16.7. The van der Waals surface area contributed by atoms with Crippen LogP contribution in [0, 0.1) is 0 Å². The van der Waals surface area contributed by atoms with E-state index in [1.807, 2.05) is 6.92 Å². The minimum atomic E-state index is 0.701. The van der Waals surface area contributed by atoms with Crippen molar-refractivity contribution in [1.29, 1.82) is 0 Å². The van der Waals surface area contributed by atoms with Gasteiger partial charge in [-0.1, -0.05) is 0 Å². The number of hydrogen-bond acceptors (Lipinski definition) is 5. The molecule has 1 aliphatic rings. The highest BCUT2D eigenvalue weighted by Crippen LogP contribution is 2.07. The van der Waals surface area contributed by atoms with Gasteiger partial charge in [0.25, 0.3) is 0 Å². The van der Waals surface area contributed by atoms with Crippen LogP contribution in [-0.2, 0) is 11.2 Å². The molecule has 16 heavy (non-hydrogen) atoms. The summed E-state index contributed by atoms with van der Waals surface area (Å²) in [6.45, 7) is 7.40. The Kier molecular flexibility index (Phi) is 4.12. The standard InChI is InChI=1S/C10H19N5O/c1-2-16-8-3-9-12-10(14-13-9)15-6-4-11-5-7-15/h11H,2-8H2,1H3,(H,12,13,14). The topological polar surface area (TPSA) is 66.1 Å². The lowest BCUT2D eigenvalue weighted by atomic mass is 10.4. The largest absolute Gasteiger partial charge is 0.381 e. The number of aromatic amines is 1. The van der Waals surface area contributed by atoms with Crippen molar-refractivity contribution in [2.45, 2.75) is 13.3 Å². The van der Waals surface area contributed by atoms with Crippen molar-refractivity contribution in [2.75, 3.05) is 44.3 Å². The molecule has 0 atom stereocenters. The monoisotopic (exact) mass is 225 g/mol. The van der Waals surface area contributed by atoms with Crippen molar-refractivity contribution in [3.8, 4) is 0 Å². The van der Waals surface area contributed by atoms with Crippen molar-refractivity contribution < 1.29 is 4.74 Å². The summed E-state index contributed by atoms with van der Waals surface area (Å²) in [4.78, 5) is 6.65. The van der Waals surface area contributed by atoms with Gasteiger partial charge in [0.1, 0.15) is 5.82 Å². The number of piperazine rings is 1. The smallest absolute Gasteiger partial charge is 0.244 e. The minimum absolute atomic E-state index is 0.701. The third kappa shape index (κ3) is 2.93. The van der Waals surface area contributed by atoms with E-state index in [1.54, 1.807) is 0 Å². The van der Waals surface area contributed by atoms with Crippen LogP contribution in [0.2, 0.25) is 0 Å². The van der Waals surface area contributed by atoms with E-state index in [1.165, 1.54) is 0 Å². The molecule has 0 aromatic carbocycles. The maximum atomic E-state index is 5.28. The quantitative estimate of drug-likeness (QED) is 0.679. The van der Waals surface area contributed by atoms with Crippen molar-refractivity contribution in [1.82, 2.24) is 20.5 Å². The summed E-state index contributed by atoms with van der Waals surface area (Å²) in [6, 6.07) is 0.